The summed E-state index contributed by atoms with van der Waals surface area (Å²) in [6, 6.07) is 9.19. The molecule has 1 heteroatoms. The number of hydrogen-bond acceptors (Lipinski definition) is 0. The highest BCUT2D eigenvalue weighted by molar-refractivity contribution is 6.57. The predicted molar refractivity (Wildman–Crippen MR) is 73.5 cm³/mol. The number of rotatable bonds is 3. The van der Waals surface area contributed by atoms with Crippen molar-refractivity contribution in [3.8, 4) is 0 Å². The molecule has 1 aliphatic rings. The molecule has 0 saturated carbocycles. The largest absolute Gasteiger partial charge is 0.0708 e. The van der Waals surface area contributed by atoms with Gasteiger partial charge in [0, 0.05) is 0 Å². The number of hydrogen-bond donors (Lipinski definition) is 0. The van der Waals surface area contributed by atoms with E-state index in [9.17, 15) is 0 Å². The molecule has 0 bridgehead atoms. The van der Waals surface area contributed by atoms with Crippen LogP contribution in [0.3, 0.4) is 0 Å². The van der Waals surface area contributed by atoms with Gasteiger partial charge >= 0.3 is 0 Å². The topological polar surface area (TPSA) is 0 Å². The van der Waals surface area contributed by atoms with Crippen LogP contribution in [-0.4, -0.2) is 8.80 Å². The van der Waals surface area contributed by atoms with Gasteiger partial charge in [-0.25, -0.2) is 0 Å². The second kappa shape index (κ2) is 4.75. The van der Waals surface area contributed by atoms with Gasteiger partial charge in [0.15, 0.2) is 0 Å². The lowest BCUT2D eigenvalue weighted by Gasteiger charge is -2.23. The summed E-state index contributed by atoms with van der Waals surface area (Å²) in [6.45, 7) is 9.73. The molecule has 1 radical (unpaired) electrons. The molecule has 0 aliphatic heterocycles. The van der Waals surface area contributed by atoms with Crippen LogP contribution in [0, 0.1) is 5.92 Å². The van der Waals surface area contributed by atoms with E-state index in [1.165, 1.54) is 12.8 Å². The van der Waals surface area contributed by atoms with E-state index in [4.69, 9.17) is 0 Å². The molecule has 1 aromatic rings. The van der Waals surface area contributed by atoms with Crippen molar-refractivity contribution in [1.29, 1.82) is 0 Å². The van der Waals surface area contributed by atoms with Crippen LogP contribution in [0.5, 0.6) is 0 Å². The van der Waals surface area contributed by atoms with Gasteiger partial charge in [-0.05, 0) is 34.9 Å². The van der Waals surface area contributed by atoms with Crippen molar-refractivity contribution in [2.24, 2.45) is 5.92 Å². The smallest absolute Gasteiger partial charge is 0.0501 e. The molecule has 87 valence electrons. The molecule has 0 aromatic heterocycles. The summed E-state index contributed by atoms with van der Waals surface area (Å²) in [5.41, 5.74) is 4.21. The van der Waals surface area contributed by atoms with E-state index in [1.54, 1.807) is 11.1 Å². The average molecular weight is 231 g/mol. The van der Waals surface area contributed by atoms with Gasteiger partial charge in [0.05, 0.1) is 8.80 Å². The fourth-order valence-electron chi connectivity index (χ4n) is 3.50. The summed E-state index contributed by atoms with van der Waals surface area (Å²) >= 11 is 0. The molecule has 3 atom stereocenters. The molecule has 16 heavy (non-hydrogen) atoms. The zero-order chi connectivity index (χ0) is 11.7. The summed E-state index contributed by atoms with van der Waals surface area (Å²) in [4.78, 5) is 0. The van der Waals surface area contributed by atoms with Crippen LogP contribution in [0.25, 0.3) is 0 Å². The van der Waals surface area contributed by atoms with E-state index in [-0.39, 0.29) is 8.80 Å². The van der Waals surface area contributed by atoms with Crippen LogP contribution in [0.15, 0.2) is 24.3 Å². The van der Waals surface area contributed by atoms with Crippen LogP contribution >= 0.6 is 0 Å². The average Bonchev–Trinajstić information content (AvgIpc) is 2.53. The molecule has 0 N–H and O–H groups in total. The van der Waals surface area contributed by atoms with Crippen LogP contribution in [0.2, 0.25) is 13.1 Å². The monoisotopic (exact) mass is 231 g/mol. The first kappa shape index (κ1) is 11.9. The van der Waals surface area contributed by atoms with Gasteiger partial charge in [-0.15, -0.1) is 0 Å². The summed E-state index contributed by atoms with van der Waals surface area (Å²) < 4.78 is 0. The van der Waals surface area contributed by atoms with E-state index >= 15 is 0 Å². The molecule has 0 spiro atoms. The Hall–Kier alpha value is -0.563. The molecular weight excluding hydrogens is 208 g/mol. The Bertz CT molecular complexity index is 356. The van der Waals surface area contributed by atoms with Crippen molar-refractivity contribution >= 4 is 8.80 Å². The fraction of sp³-hybridized carbons (Fsp3) is 0.600. The van der Waals surface area contributed by atoms with Crippen molar-refractivity contribution in [3.05, 3.63) is 35.4 Å². The number of fused-ring (bicyclic) bond motifs is 1. The quantitative estimate of drug-likeness (QED) is 0.667. The fourth-order valence-corrected chi connectivity index (χ4v) is 5.67. The first-order chi connectivity index (χ1) is 7.66. The third-order valence-corrected chi connectivity index (χ3v) is 6.19. The van der Waals surface area contributed by atoms with E-state index < -0.39 is 0 Å². The maximum Gasteiger partial charge on any atom is 0.0501 e. The maximum absolute atomic E-state index is 2.47. The van der Waals surface area contributed by atoms with Crippen molar-refractivity contribution < 1.29 is 0 Å². The van der Waals surface area contributed by atoms with Gasteiger partial charge in [0.1, 0.15) is 0 Å². The standard InChI is InChI=1S/C15H23Si/c1-5-8-12-11(2)15(16(3)4)14-10-7-6-9-13(12)14/h6-7,9-12,15H,5,8H2,1-4H3. The molecule has 0 nitrogen and oxygen atoms in total. The molecule has 3 unspecified atom stereocenters. The molecule has 0 amide bonds. The third-order valence-electron chi connectivity index (χ3n) is 4.11. The van der Waals surface area contributed by atoms with E-state index in [1.807, 2.05) is 0 Å². The summed E-state index contributed by atoms with van der Waals surface area (Å²) in [6.07, 6.45) is 2.68. The Morgan fingerprint density at radius 2 is 1.75 bits per heavy atom. The molecule has 0 saturated heterocycles. The van der Waals surface area contributed by atoms with Gasteiger partial charge in [-0.1, -0.05) is 57.6 Å². The van der Waals surface area contributed by atoms with E-state index in [2.05, 4.69) is 51.2 Å². The minimum Gasteiger partial charge on any atom is -0.0708 e. The highest BCUT2D eigenvalue weighted by Gasteiger charge is 2.38. The highest BCUT2D eigenvalue weighted by Crippen LogP contribution is 2.49. The van der Waals surface area contributed by atoms with Crippen molar-refractivity contribution in [1.82, 2.24) is 0 Å². The van der Waals surface area contributed by atoms with Gasteiger partial charge in [-0.2, -0.15) is 0 Å². The number of benzene rings is 1. The van der Waals surface area contributed by atoms with Gasteiger partial charge in [0.25, 0.3) is 0 Å². The third kappa shape index (κ3) is 1.86. The van der Waals surface area contributed by atoms with Gasteiger partial charge in [0.2, 0.25) is 0 Å². The second-order valence-corrected chi connectivity index (χ2v) is 8.21. The lowest BCUT2D eigenvalue weighted by Crippen LogP contribution is -2.20. The summed E-state index contributed by atoms with van der Waals surface area (Å²) in [7, 11) is -0.223. The Kier molecular flexibility index (Phi) is 3.53. The molecule has 2 rings (SSSR count). The van der Waals surface area contributed by atoms with E-state index in [0.717, 1.165) is 17.4 Å². The van der Waals surface area contributed by atoms with Crippen LogP contribution < -0.4 is 0 Å². The van der Waals surface area contributed by atoms with Crippen LogP contribution in [-0.2, 0) is 0 Å². The summed E-state index contributed by atoms with van der Waals surface area (Å²) in [5, 5.41) is 0. The normalized spacial score (nSPS) is 28.4. The Morgan fingerprint density at radius 3 is 2.31 bits per heavy atom. The first-order valence-corrected chi connectivity index (χ1v) is 9.13. The Labute approximate surface area is 102 Å². The minimum atomic E-state index is -0.223. The first-order valence-electron chi connectivity index (χ1n) is 6.55. The van der Waals surface area contributed by atoms with Gasteiger partial charge < -0.3 is 0 Å². The Morgan fingerprint density at radius 1 is 1.12 bits per heavy atom. The Balaban J connectivity index is 2.40. The van der Waals surface area contributed by atoms with Crippen molar-refractivity contribution in [3.63, 3.8) is 0 Å². The van der Waals surface area contributed by atoms with Crippen molar-refractivity contribution in [2.45, 2.75) is 51.2 Å². The molecule has 1 aromatic carbocycles. The lowest BCUT2D eigenvalue weighted by atomic mass is 9.90. The van der Waals surface area contributed by atoms with Crippen molar-refractivity contribution in [2.75, 3.05) is 0 Å². The summed E-state index contributed by atoms with van der Waals surface area (Å²) in [5.74, 6) is 1.69. The molecule has 1 aliphatic carbocycles. The van der Waals surface area contributed by atoms with Crippen LogP contribution in [0.4, 0.5) is 0 Å². The maximum atomic E-state index is 2.47. The second-order valence-electron chi connectivity index (χ2n) is 5.44. The zero-order valence-corrected chi connectivity index (χ0v) is 12.0. The molecule has 0 fully saturated rings. The predicted octanol–water partition coefficient (Wildman–Crippen LogP) is 4.60. The lowest BCUT2D eigenvalue weighted by molar-refractivity contribution is 0.452. The molecule has 0 heterocycles. The zero-order valence-electron chi connectivity index (χ0n) is 11.0. The SMILES string of the molecule is CCCC1c2ccccc2C([Si](C)C)C1C. The molecular formula is C15H23Si. The van der Waals surface area contributed by atoms with Crippen LogP contribution in [0.1, 0.15) is 49.3 Å². The minimum absolute atomic E-state index is 0.223. The van der Waals surface area contributed by atoms with Gasteiger partial charge in [-0.3, -0.25) is 0 Å². The highest BCUT2D eigenvalue weighted by atomic mass is 28.3. The van der Waals surface area contributed by atoms with E-state index in [0.29, 0.717) is 0 Å².